The third kappa shape index (κ3) is 7.84. The van der Waals surface area contributed by atoms with Crippen molar-refractivity contribution in [3.05, 3.63) is 95.6 Å². The minimum Gasteiger partial charge on any atom is -0.490 e. The number of nitrogens with zero attached hydrogens (tertiary/aromatic N) is 2. The fourth-order valence-corrected chi connectivity index (χ4v) is 4.68. The van der Waals surface area contributed by atoms with Crippen LogP contribution in [0, 0.1) is 0 Å². The van der Waals surface area contributed by atoms with Crippen LogP contribution in [0.25, 0.3) is 5.57 Å². The molecule has 0 spiro atoms. The number of carbonyl (C=O) groups is 3. The molecule has 3 aromatic carbocycles. The van der Waals surface area contributed by atoms with E-state index in [2.05, 4.69) is 10.6 Å². The average molecular weight is 591 g/mol. The molecule has 0 radical (unpaired) electrons. The lowest BCUT2D eigenvalue weighted by molar-refractivity contribution is -0.116. The van der Waals surface area contributed by atoms with E-state index in [1.165, 1.54) is 23.1 Å². The Bertz CT molecular complexity index is 1500. The number of halogens is 2. The second-order valence-electron chi connectivity index (χ2n) is 10.8. The molecule has 0 unspecified atom stereocenters. The molecule has 3 aromatic rings. The molecule has 0 fully saturated rings. The van der Waals surface area contributed by atoms with Gasteiger partial charge >= 0.3 is 0 Å². The average Bonchev–Trinajstić information content (AvgIpc) is 3.06. The smallest absolute Gasteiger partial charge is 0.275 e. The highest BCUT2D eigenvalue weighted by molar-refractivity contribution is 6.10. The van der Waals surface area contributed by atoms with Gasteiger partial charge in [-0.25, -0.2) is 8.78 Å². The van der Waals surface area contributed by atoms with Crippen molar-refractivity contribution >= 4 is 34.7 Å². The number of fused-ring (bicyclic) bond motifs is 1. The Morgan fingerprint density at radius 2 is 1.67 bits per heavy atom. The first-order chi connectivity index (χ1) is 20.5. The van der Waals surface area contributed by atoms with E-state index in [0.717, 1.165) is 6.08 Å². The summed E-state index contributed by atoms with van der Waals surface area (Å²) in [7, 11) is 3.69. The van der Waals surface area contributed by atoms with E-state index in [0.29, 0.717) is 30.1 Å². The van der Waals surface area contributed by atoms with E-state index in [1.807, 2.05) is 32.8 Å². The van der Waals surface area contributed by atoms with Crippen LogP contribution in [0.5, 0.6) is 5.75 Å². The summed E-state index contributed by atoms with van der Waals surface area (Å²) < 4.78 is 36.6. The van der Waals surface area contributed by atoms with Gasteiger partial charge in [-0.15, -0.1) is 0 Å². The lowest BCUT2D eigenvalue weighted by Crippen LogP contribution is -2.33. The van der Waals surface area contributed by atoms with Crippen LogP contribution >= 0.6 is 0 Å². The zero-order valence-electron chi connectivity index (χ0n) is 24.7. The number of alkyl halides is 2. The summed E-state index contributed by atoms with van der Waals surface area (Å²) in [5.74, 6) is -4.36. The molecule has 43 heavy (non-hydrogen) atoms. The minimum absolute atomic E-state index is 0.111. The molecule has 226 valence electrons. The highest BCUT2D eigenvalue weighted by Crippen LogP contribution is 2.43. The Kier molecular flexibility index (Phi) is 9.92. The summed E-state index contributed by atoms with van der Waals surface area (Å²) in [6.45, 7) is 4.35. The van der Waals surface area contributed by atoms with Gasteiger partial charge < -0.3 is 25.2 Å². The second-order valence-corrected chi connectivity index (χ2v) is 10.8. The fourth-order valence-electron chi connectivity index (χ4n) is 4.68. The second kappa shape index (κ2) is 13.6. The first-order valence-corrected chi connectivity index (χ1v) is 14.1. The number of likely N-dealkylation sites (N-methyl/N-ethyl adjacent to an activating group) is 1. The van der Waals surface area contributed by atoms with Crippen molar-refractivity contribution in [2.24, 2.45) is 0 Å². The number of anilines is 2. The quantitative estimate of drug-likeness (QED) is 0.323. The molecule has 4 rings (SSSR count). The highest BCUT2D eigenvalue weighted by atomic mass is 19.3. The van der Waals surface area contributed by atoms with Crippen LogP contribution in [-0.4, -0.2) is 68.4 Å². The summed E-state index contributed by atoms with van der Waals surface area (Å²) >= 11 is 0. The Morgan fingerprint density at radius 1 is 1.00 bits per heavy atom. The summed E-state index contributed by atoms with van der Waals surface area (Å²) in [6, 6.07) is 19.5. The number of hydrogen-bond donors (Lipinski definition) is 2. The van der Waals surface area contributed by atoms with Crippen molar-refractivity contribution in [1.29, 1.82) is 0 Å². The van der Waals surface area contributed by atoms with Crippen molar-refractivity contribution < 1.29 is 27.9 Å². The van der Waals surface area contributed by atoms with Gasteiger partial charge in [0.2, 0.25) is 5.91 Å². The Hall–Kier alpha value is -4.57. The van der Waals surface area contributed by atoms with Crippen molar-refractivity contribution in [3.63, 3.8) is 0 Å². The van der Waals surface area contributed by atoms with Crippen LogP contribution < -0.4 is 20.3 Å². The Labute approximate surface area is 250 Å². The number of nitrogens with one attached hydrogen (secondary N) is 2. The van der Waals surface area contributed by atoms with Gasteiger partial charge in [0.25, 0.3) is 17.7 Å². The van der Waals surface area contributed by atoms with E-state index in [9.17, 15) is 14.4 Å². The topological polar surface area (TPSA) is 91.0 Å². The maximum atomic E-state index is 15.4. The lowest BCUT2D eigenvalue weighted by atomic mass is 9.97. The standard InChI is InChI=1S/C33H36F2N4O4/c1-22(2)43-29-12-8-6-10-26(29)31(41)37-24-15-13-23(14-16-24)32(42)39-19-17-33(34,35)27(25-9-5-7-11-28(25)39)21-30(40)36-18-20-38(3)4/h5-16,21-22H,17-20H2,1-4H3,(H,36,40)(H,37,41)/b27-21-. The third-order valence-electron chi connectivity index (χ3n) is 6.79. The predicted octanol–water partition coefficient (Wildman–Crippen LogP) is 5.47. The van der Waals surface area contributed by atoms with Crippen LogP contribution in [0.2, 0.25) is 0 Å². The van der Waals surface area contributed by atoms with Gasteiger partial charge in [0.1, 0.15) is 5.75 Å². The van der Waals surface area contributed by atoms with Gasteiger partial charge in [-0.3, -0.25) is 14.4 Å². The number of rotatable bonds is 9. The van der Waals surface area contributed by atoms with Crippen LogP contribution in [0.4, 0.5) is 20.2 Å². The van der Waals surface area contributed by atoms with Crippen molar-refractivity contribution in [2.45, 2.75) is 32.3 Å². The van der Waals surface area contributed by atoms with Gasteiger partial charge in [-0.05, 0) is 70.4 Å². The number of benzene rings is 3. The first-order valence-electron chi connectivity index (χ1n) is 14.1. The Balaban J connectivity index is 1.55. The number of ether oxygens (including phenoxy) is 1. The molecular weight excluding hydrogens is 554 g/mol. The monoisotopic (exact) mass is 590 g/mol. The van der Waals surface area contributed by atoms with E-state index in [1.54, 1.807) is 54.6 Å². The maximum Gasteiger partial charge on any atom is 0.275 e. The largest absolute Gasteiger partial charge is 0.490 e. The van der Waals surface area contributed by atoms with E-state index in [4.69, 9.17) is 4.74 Å². The van der Waals surface area contributed by atoms with E-state index >= 15 is 8.78 Å². The van der Waals surface area contributed by atoms with E-state index < -0.39 is 29.7 Å². The van der Waals surface area contributed by atoms with Crippen LogP contribution in [-0.2, 0) is 4.79 Å². The molecule has 0 bridgehead atoms. The van der Waals surface area contributed by atoms with Gasteiger partial charge in [0.05, 0.1) is 17.4 Å². The summed E-state index contributed by atoms with van der Waals surface area (Å²) in [4.78, 5) is 42.3. The number of allylic oxidation sites excluding steroid dienone is 1. The van der Waals surface area contributed by atoms with Gasteiger partial charge in [-0.1, -0.05) is 30.3 Å². The molecule has 8 nitrogen and oxygen atoms in total. The molecule has 0 saturated carbocycles. The molecule has 1 heterocycles. The highest BCUT2D eigenvalue weighted by Gasteiger charge is 2.41. The molecule has 1 aliphatic heterocycles. The maximum absolute atomic E-state index is 15.4. The normalized spacial score (nSPS) is 15.2. The SMILES string of the molecule is CC(C)Oc1ccccc1C(=O)Nc1ccc(C(=O)N2CCC(F)(F)/C(=C\C(=O)NCCN(C)C)c3ccccc32)cc1. The first kappa shape index (κ1) is 31.4. The van der Waals surface area contributed by atoms with E-state index in [-0.39, 0.29) is 35.4 Å². The molecule has 0 aliphatic carbocycles. The van der Waals surface area contributed by atoms with Gasteiger partial charge in [0, 0.05) is 54.5 Å². The number of hydrogen-bond acceptors (Lipinski definition) is 5. The van der Waals surface area contributed by atoms with Crippen molar-refractivity contribution in [2.75, 3.05) is 43.9 Å². The summed E-state index contributed by atoms with van der Waals surface area (Å²) in [6.07, 6.45) is 0.167. The van der Waals surface area contributed by atoms with Crippen LogP contribution in [0.15, 0.2) is 78.9 Å². The molecule has 1 aliphatic rings. The summed E-state index contributed by atoms with van der Waals surface area (Å²) in [5, 5.41) is 5.45. The number of amides is 3. The van der Waals surface area contributed by atoms with Crippen LogP contribution in [0.3, 0.4) is 0 Å². The third-order valence-corrected chi connectivity index (χ3v) is 6.79. The van der Waals surface area contributed by atoms with Crippen LogP contribution in [0.1, 0.15) is 46.5 Å². The summed E-state index contributed by atoms with van der Waals surface area (Å²) in [5.41, 5.74) is 1.06. The zero-order chi connectivity index (χ0) is 31.1. The van der Waals surface area contributed by atoms with Gasteiger partial charge in [-0.2, -0.15) is 0 Å². The fraction of sp³-hybridized carbons (Fsp3) is 0.303. The number of carbonyl (C=O) groups excluding carboxylic acids is 3. The predicted molar refractivity (Wildman–Crippen MR) is 164 cm³/mol. The Morgan fingerprint density at radius 3 is 2.37 bits per heavy atom. The van der Waals surface area contributed by atoms with Crippen molar-refractivity contribution in [3.8, 4) is 5.75 Å². The van der Waals surface area contributed by atoms with Gasteiger partial charge in [0.15, 0.2) is 0 Å². The minimum atomic E-state index is -3.34. The zero-order valence-corrected chi connectivity index (χ0v) is 24.7. The molecule has 0 aromatic heterocycles. The molecule has 2 N–H and O–H groups in total. The van der Waals surface area contributed by atoms with Crippen molar-refractivity contribution in [1.82, 2.24) is 10.2 Å². The molecule has 3 amide bonds. The molecule has 0 atom stereocenters. The number of para-hydroxylation sites is 2. The lowest BCUT2D eigenvalue weighted by Gasteiger charge is -2.23. The molecule has 0 saturated heterocycles. The molecular formula is C33H36F2N4O4. The molecule has 10 heteroatoms.